The van der Waals surface area contributed by atoms with Gasteiger partial charge in [0.15, 0.2) is 0 Å². The van der Waals surface area contributed by atoms with Crippen molar-refractivity contribution in [2.24, 2.45) is 5.92 Å². The Kier molecular flexibility index (Phi) is 3.64. The Bertz CT molecular complexity index is 455. The minimum atomic E-state index is -0.142. The molecule has 0 spiro atoms. The predicted octanol–water partition coefficient (Wildman–Crippen LogP) is 3.83. The van der Waals surface area contributed by atoms with Gasteiger partial charge < -0.3 is 5.32 Å². The zero-order chi connectivity index (χ0) is 12.6. The zero-order valence-corrected chi connectivity index (χ0v) is 11.4. The number of halogens is 2. The van der Waals surface area contributed by atoms with Crippen LogP contribution < -0.4 is 5.32 Å². The van der Waals surface area contributed by atoms with Crippen molar-refractivity contribution >= 4 is 29.1 Å². The topological polar surface area (TPSA) is 29.1 Å². The van der Waals surface area contributed by atoms with Gasteiger partial charge in [0.25, 0.3) is 5.91 Å². The first-order valence-electron chi connectivity index (χ1n) is 5.75. The Morgan fingerprint density at radius 2 is 2.00 bits per heavy atom. The molecule has 1 fully saturated rings. The van der Waals surface area contributed by atoms with Crippen LogP contribution in [0.1, 0.15) is 35.7 Å². The molecule has 1 aromatic rings. The maximum Gasteiger partial charge on any atom is 0.253 e. The first kappa shape index (κ1) is 12.7. The molecule has 4 heteroatoms. The van der Waals surface area contributed by atoms with Gasteiger partial charge in [-0.25, -0.2) is 0 Å². The van der Waals surface area contributed by atoms with E-state index in [1.165, 1.54) is 12.8 Å². The van der Waals surface area contributed by atoms with Crippen molar-refractivity contribution in [2.75, 3.05) is 0 Å². The molecule has 2 nitrogen and oxygen atoms in total. The van der Waals surface area contributed by atoms with Gasteiger partial charge in [-0.1, -0.05) is 23.2 Å². The SMILES string of the molecule is Cc1cc(Cl)c(C(=O)NC(C)C2CC2)cc1Cl. The minimum absolute atomic E-state index is 0.142. The molecule has 0 aliphatic heterocycles. The molecule has 0 radical (unpaired) electrons. The summed E-state index contributed by atoms with van der Waals surface area (Å²) in [5.74, 6) is 0.481. The number of aryl methyl sites for hydroxylation is 1. The summed E-state index contributed by atoms with van der Waals surface area (Å²) >= 11 is 12.1. The molecule has 92 valence electrons. The van der Waals surface area contributed by atoms with Gasteiger partial charge in [-0.05, 0) is 50.3 Å². The molecule has 2 rings (SSSR count). The second-order valence-electron chi connectivity index (χ2n) is 4.68. The third-order valence-electron chi connectivity index (χ3n) is 3.18. The standard InChI is InChI=1S/C13H15Cl2NO/c1-7-5-12(15)10(6-11(7)14)13(17)16-8(2)9-3-4-9/h5-6,8-9H,3-4H2,1-2H3,(H,16,17). The zero-order valence-electron chi connectivity index (χ0n) is 9.89. The van der Waals surface area contributed by atoms with Crippen molar-refractivity contribution in [3.8, 4) is 0 Å². The number of nitrogens with one attached hydrogen (secondary N) is 1. The van der Waals surface area contributed by atoms with Gasteiger partial charge in [0.1, 0.15) is 0 Å². The first-order chi connectivity index (χ1) is 7.99. The second kappa shape index (κ2) is 4.87. The lowest BCUT2D eigenvalue weighted by Crippen LogP contribution is -2.34. The number of hydrogen-bond acceptors (Lipinski definition) is 1. The molecular formula is C13H15Cl2NO. The van der Waals surface area contributed by atoms with Gasteiger partial charge in [0.05, 0.1) is 10.6 Å². The third-order valence-corrected chi connectivity index (χ3v) is 3.90. The highest BCUT2D eigenvalue weighted by molar-refractivity contribution is 6.36. The maximum absolute atomic E-state index is 12.0. The van der Waals surface area contributed by atoms with E-state index in [4.69, 9.17) is 23.2 Å². The number of carbonyl (C=O) groups is 1. The molecule has 17 heavy (non-hydrogen) atoms. The predicted molar refractivity (Wildman–Crippen MR) is 70.9 cm³/mol. The van der Waals surface area contributed by atoms with Crippen molar-refractivity contribution in [3.63, 3.8) is 0 Å². The number of amides is 1. The number of hydrogen-bond donors (Lipinski definition) is 1. The van der Waals surface area contributed by atoms with Crippen LogP contribution in [0.5, 0.6) is 0 Å². The van der Waals surface area contributed by atoms with Crippen LogP contribution in [0.15, 0.2) is 12.1 Å². The van der Waals surface area contributed by atoms with E-state index in [9.17, 15) is 4.79 Å². The lowest BCUT2D eigenvalue weighted by molar-refractivity contribution is 0.0936. The van der Waals surface area contributed by atoms with Crippen molar-refractivity contribution in [1.29, 1.82) is 0 Å². The molecule has 0 heterocycles. The van der Waals surface area contributed by atoms with E-state index in [0.717, 1.165) is 5.56 Å². The van der Waals surface area contributed by atoms with Gasteiger partial charge in [0.2, 0.25) is 0 Å². The fourth-order valence-corrected chi connectivity index (χ4v) is 2.29. The smallest absolute Gasteiger partial charge is 0.253 e. The lowest BCUT2D eigenvalue weighted by Gasteiger charge is -2.14. The summed E-state index contributed by atoms with van der Waals surface area (Å²) in [5.41, 5.74) is 1.33. The van der Waals surface area contributed by atoms with Crippen LogP contribution in [0, 0.1) is 12.8 Å². The van der Waals surface area contributed by atoms with Gasteiger partial charge >= 0.3 is 0 Å². The number of benzene rings is 1. The summed E-state index contributed by atoms with van der Waals surface area (Å²) in [5, 5.41) is 3.98. The molecule has 0 aromatic heterocycles. The Morgan fingerprint density at radius 1 is 1.35 bits per heavy atom. The Morgan fingerprint density at radius 3 is 2.59 bits per heavy atom. The summed E-state index contributed by atoms with van der Waals surface area (Å²) in [7, 11) is 0. The molecule has 1 aromatic carbocycles. The summed E-state index contributed by atoms with van der Waals surface area (Å²) in [6.07, 6.45) is 2.40. The minimum Gasteiger partial charge on any atom is -0.349 e. The van der Waals surface area contributed by atoms with Crippen molar-refractivity contribution in [2.45, 2.75) is 32.7 Å². The van der Waals surface area contributed by atoms with Crippen LogP contribution >= 0.6 is 23.2 Å². The first-order valence-corrected chi connectivity index (χ1v) is 6.51. The van der Waals surface area contributed by atoms with Gasteiger partial charge in [-0.15, -0.1) is 0 Å². The molecule has 0 saturated heterocycles. The van der Waals surface area contributed by atoms with Crippen molar-refractivity contribution < 1.29 is 4.79 Å². The Labute approximate surface area is 111 Å². The summed E-state index contributed by atoms with van der Waals surface area (Å²) in [6.45, 7) is 3.89. The monoisotopic (exact) mass is 271 g/mol. The average molecular weight is 272 g/mol. The largest absolute Gasteiger partial charge is 0.349 e. The van der Waals surface area contributed by atoms with Crippen LogP contribution in [0.2, 0.25) is 10.0 Å². The molecule has 1 N–H and O–H groups in total. The lowest BCUT2D eigenvalue weighted by atomic mass is 10.1. The second-order valence-corrected chi connectivity index (χ2v) is 5.50. The van der Waals surface area contributed by atoms with E-state index in [-0.39, 0.29) is 11.9 Å². The molecule has 1 aliphatic rings. The molecular weight excluding hydrogens is 257 g/mol. The molecule has 1 saturated carbocycles. The van der Waals surface area contributed by atoms with E-state index in [2.05, 4.69) is 5.32 Å². The normalized spacial score (nSPS) is 16.7. The van der Waals surface area contributed by atoms with Crippen LogP contribution in [0.25, 0.3) is 0 Å². The Balaban J connectivity index is 2.15. The summed E-state index contributed by atoms with van der Waals surface area (Å²) in [6, 6.07) is 3.56. The van der Waals surface area contributed by atoms with Crippen LogP contribution in [-0.2, 0) is 0 Å². The number of carbonyl (C=O) groups excluding carboxylic acids is 1. The quantitative estimate of drug-likeness (QED) is 0.890. The van der Waals surface area contributed by atoms with Gasteiger partial charge in [0, 0.05) is 11.1 Å². The van der Waals surface area contributed by atoms with E-state index >= 15 is 0 Å². The molecule has 0 bridgehead atoms. The van der Waals surface area contributed by atoms with E-state index in [1.807, 2.05) is 13.8 Å². The fourth-order valence-electron chi connectivity index (χ4n) is 1.82. The van der Waals surface area contributed by atoms with Crippen molar-refractivity contribution in [1.82, 2.24) is 5.32 Å². The summed E-state index contributed by atoms with van der Waals surface area (Å²) in [4.78, 5) is 12.0. The average Bonchev–Trinajstić information content (AvgIpc) is 3.06. The van der Waals surface area contributed by atoms with Crippen molar-refractivity contribution in [3.05, 3.63) is 33.3 Å². The van der Waals surface area contributed by atoms with E-state index < -0.39 is 0 Å². The third kappa shape index (κ3) is 2.93. The fraction of sp³-hybridized carbons (Fsp3) is 0.462. The molecule has 1 unspecified atom stereocenters. The van der Waals surface area contributed by atoms with Gasteiger partial charge in [-0.2, -0.15) is 0 Å². The summed E-state index contributed by atoms with van der Waals surface area (Å²) < 4.78 is 0. The highest BCUT2D eigenvalue weighted by Gasteiger charge is 2.29. The van der Waals surface area contributed by atoms with E-state index in [0.29, 0.717) is 21.5 Å². The van der Waals surface area contributed by atoms with Gasteiger partial charge in [-0.3, -0.25) is 4.79 Å². The van der Waals surface area contributed by atoms with Crippen LogP contribution in [-0.4, -0.2) is 11.9 Å². The highest BCUT2D eigenvalue weighted by atomic mass is 35.5. The van der Waals surface area contributed by atoms with Crippen LogP contribution in [0.4, 0.5) is 0 Å². The highest BCUT2D eigenvalue weighted by Crippen LogP contribution is 2.32. The Hall–Kier alpha value is -0.730. The maximum atomic E-state index is 12.0. The molecule has 1 atom stereocenters. The van der Waals surface area contributed by atoms with E-state index in [1.54, 1.807) is 12.1 Å². The molecule has 1 amide bonds. The molecule has 1 aliphatic carbocycles. The van der Waals surface area contributed by atoms with Crippen LogP contribution in [0.3, 0.4) is 0 Å². The number of rotatable bonds is 3.